The number of hydrogen-bond acceptors (Lipinski definition) is 4. The van der Waals surface area contributed by atoms with Crippen LogP contribution in [0.3, 0.4) is 0 Å². The fraction of sp³-hybridized carbons (Fsp3) is 0. The number of carbonyl (C=O) groups excluding carboxylic acids is 1. The van der Waals surface area contributed by atoms with Crippen LogP contribution in [0.4, 0.5) is 4.79 Å². The molecule has 20 heavy (non-hydrogen) atoms. The quantitative estimate of drug-likeness (QED) is 0.885. The maximum Gasteiger partial charge on any atom is 0.427 e. The van der Waals surface area contributed by atoms with E-state index in [2.05, 4.69) is 0 Å². The van der Waals surface area contributed by atoms with E-state index in [1.54, 1.807) is 24.3 Å². The molecule has 0 spiro atoms. The largest absolute Gasteiger partial charge is 0.427 e. The van der Waals surface area contributed by atoms with E-state index in [9.17, 15) is 13.2 Å². The molecule has 0 fully saturated rings. The first-order chi connectivity index (χ1) is 9.44. The Morgan fingerprint density at radius 3 is 2.05 bits per heavy atom. The fourth-order valence-electron chi connectivity index (χ4n) is 1.57. The van der Waals surface area contributed by atoms with Gasteiger partial charge in [0.2, 0.25) is 0 Å². The fourth-order valence-corrected chi connectivity index (χ4v) is 2.00. The molecule has 0 aliphatic carbocycles. The van der Waals surface area contributed by atoms with Crippen LogP contribution >= 0.6 is 10.7 Å². The number of nitrogens with one attached hydrogen (secondary N) is 1. The minimum absolute atomic E-state index is 0.211. The summed E-state index contributed by atoms with van der Waals surface area (Å²) in [5.41, 5.74) is 1.97. The van der Waals surface area contributed by atoms with E-state index in [1.165, 1.54) is 4.72 Å². The molecule has 2 aromatic carbocycles. The van der Waals surface area contributed by atoms with Gasteiger partial charge < -0.3 is 4.74 Å². The maximum absolute atomic E-state index is 11.2. The molecule has 0 aromatic heterocycles. The van der Waals surface area contributed by atoms with Gasteiger partial charge in [-0.3, -0.25) is 0 Å². The molecule has 0 aliphatic heterocycles. The summed E-state index contributed by atoms with van der Waals surface area (Å²) in [5, 5.41) is 0. The van der Waals surface area contributed by atoms with E-state index < -0.39 is 15.3 Å². The van der Waals surface area contributed by atoms with E-state index in [0.717, 1.165) is 11.1 Å². The molecular weight excluding hydrogens is 302 g/mol. The van der Waals surface area contributed by atoms with Gasteiger partial charge >= 0.3 is 15.3 Å². The second kappa shape index (κ2) is 5.94. The molecule has 0 bridgehead atoms. The second-order valence-electron chi connectivity index (χ2n) is 3.82. The lowest BCUT2D eigenvalue weighted by Crippen LogP contribution is -2.29. The number of halogens is 1. The molecule has 7 heteroatoms. The van der Waals surface area contributed by atoms with Crippen molar-refractivity contribution in [3.8, 4) is 16.9 Å². The van der Waals surface area contributed by atoms with Gasteiger partial charge in [-0.05, 0) is 23.3 Å². The van der Waals surface area contributed by atoms with Gasteiger partial charge in [-0.25, -0.2) is 9.52 Å². The molecule has 1 N–H and O–H groups in total. The molecule has 0 saturated carbocycles. The highest BCUT2D eigenvalue weighted by Gasteiger charge is 2.12. The molecule has 5 nitrogen and oxygen atoms in total. The van der Waals surface area contributed by atoms with Crippen LogP contribution in [-0.4, -0.2) is 14.5 Å². The van der Waals surface area contributed by atoms with E-state index >= 15 is 0 Å². The van der Waals surface area contributed by atoms with Gasteiger partial charge in [0.05, 0.1) is 0 Å². The molecule has 0 radical (unpaired) electrons. The van der Waals surface area contributed by atoms with Crippen LogP contribution < -0.4 is 9.46 Å². The number of benzene rings is 2. The number of hydrogen-bond donors (Lipinski definition) is 1. The van der Waals surface area contributed by atoms with E-state index in [-0.39, 0.29) is 5.75 Å². The smallest absolute Gasteiger partial charge is 0.410 e. The van der Waals surface area contributed by atoms with Crippen LogP contribution in [0.5, 0.6) is 5.75 Å². The average molecular weight is 312 g/mol. The van der Waals surface area contributed by atoms with Crippen LogP contribution in [-0.2, 0) is 9.24 Å². The molecule has 0 atom stereocenters. The Morgan fingerprint density at radius 1 is 0.950 bits per heavy atom. The van der Waals surface area contributed by atoms with Crippen molar-refractivity contribution in [3.05, 3.63) is 54.6 Å². The topological polar surface area (TPSA) is 72.5 Å². The van der Waals surface area contributed by atoms with Crippen LogP contribution in [0.25, 0.3) is 11.1 Å². The van der Waals surface area contributed by atoms with Gasteiger partial charge in [0.25, 0.3) is 0 Å². The van der Waals surface area contributed by atoms with Crippen molar-refractivity contribution >= 4 is 26.0 Å². The van der Waals surface area contributed by atoms with Crippen LogP contribution in [0.2, 0.25) is 0 Å². The van der Waals surface area contributed by atoms with Gasteiger partial charge in [0, 0.05) is 10.7 Å². The molecular formula is C13H10ClNO4S. The summed E-state index contributed by atoms with van der Waals surface area (Å²) in [5.74, 6) is 0.211. The summed E-state index contributed by atoms with van der Waals surface area (Å²) in [6, 6.07) is 16.3. The van der Waals surface area contributed by atoms with Gasteiger partial charge in [-0.15, -0.1) is 0 Å². The lowest BCUT2D eigenvalue weighted by molar-refractivity contribution is 0.207. The Morgan fingerprint density at radius 2 is 1.50 bits per heavy atom. The molecule has 2 rings (SSSR count). The predicted molar refractivity (Wildman–Crippen MR) is 75.8 cm³/mol. The normalized spacial score (nSPS) is 10.8. The van der Waals surface area contributed by atoms with Gasteiger partial charge in [-0.2, -0.15) is 8.42 Å². The number of rotatable bonds is 3. The zero-order valence-corrected chi connectivity index (χ0v) is 11.7. The summed E-state index contributed by atoms with van der Waals surface area (Å²) in [6.07, 6.45) is -1.16. The zero-order chi connectivity index (χ0) is 14.6. The standard InChI is InChI=1S/C13H10ClNO4S/c14-20(17,18)15-13(16)19-12-8-6-11(7-9-12)10-4-2-1-3-5-10/h1-9H,(H,15,16). The minimum Gasteiger partial charge on any atom is -0.410 e. The Hall–Kier alpha value is -2.05. The van der Waals surface area contributed by atoms with Crippen molar-refractivity contribution in [2.75, 3.05) is 0 Å². The second-order valence-corrected chi connectivity index (χ2v) is 6.12. The Bertz CT molecular complexity index is 699. The van der Waals surface area contributed by atoms with Crippen LogP contribution in [0.1, 0.15) is 0 Å². The van der Waals surface area contributed by atoms with Gasteiger partial charge in [-0.1, -0.05) is 42.5 Å². The summed E-state index contributed by atoms with van der Waals surface area (Å²) in [4.78, 5) is 11.2. The molecule has 2 aromatic rings. The van der Waals surface area contributed by atoms with E-state index in [1.807, 2.05) is 30.3 Å². The summed E-state index contributed by atoms with van der Waals surface area (Å²) in [7, 11) is 0.713. The summed E-state index contributed by atoms with van der Waals surface area (Å²) < 4.78 is 27.5. The van der Waals surface area contributed by atoms with E-state index in [0.29, 0.717) is 0 Å². The van der Waals surface area contributed by atoms with Crippen molar-refractivity contribution < 1.29 is 17.9 Å². The predicted octanol–water partition coefficient (Wildman–Crippen LogP) is 2.93. The third kappa shape index (κ3) is 4.25. The summed E-state index contributed by atoms with van der Waals surface area (Å²) >= 11 is 0. The molecule has 0 aliphatic rings. The molecule has 0 unspecified atom stereocenters. The first-order valence-electron chi connectivity index (χ1n) is 5.54. The molecule has 0 saturated heterocycles. The molecule has 0 heterocycles. The highest BCUT2D eigenvalue weighted by molar-refractivity contribution is 8.12. The lowest BCUT2D eigenvalue weighted by Gasteiger charge is -2.05. The number of ether oxygens (including phenoxy) is 1. The van der Waals surface area contributed by atoms with Crippen molar-refractivity contribution in [1.82, 2.24) is 4.72 Å². The third-order valence-corrected chi connectivity index (χ3v) is 3.02. The Balaban J connectivity index is 2.08. The molecule has 1 amide bonds. The SMILES string of the molecule is O=C(NS(=O)(=O)Cl)Oc1ccc(-c2ccccc2)cc1. The highest BCUT2D eigenvalue weighted by Crippen LogP contribution is 2.22. The first-order valence-corrected chi connectivity index (χ1v) is 7.85. The average Bonchev–Trinajstić information content (AvgIpc) is 2.38. The van der Waals surface area contributed by atoms with E-state index in [4.69, 9.17) is 15.4 Å². The number of carbonyl (C=O) groups is 1. The van der Waals surface area contributed by atoms with Gasteiger partial charge in [0.1, 0.15) is 5.75 Å². The number of amides is 1. The summed E-state index contributed by atoms with van der Waals surface area (Å²) in [6.45, 7) is 0. The van der Waals surface area contributed by atoms with Crippen molar-refractivity contribution in [2.45, 2.75) is 0 Å². The first kappa shape index (κ1) is 14.4. The van der Waals surface area contributed by atoms with Crippen LogP contribution in [0.15, 0.2) is 54.6 Å². The Kier molecular flexibility index (Phi) is 4.26. The van der Waals surface area contributed by atoms with Crippen molar-refractivity contribution in [3.63, 3.8) is 0 Å². The monoisotopic (exact) mass is 311 g/mol. The van der Waals surface area contributed by atoms with Crippen molar-refractivity contribution in [2.24, 2.45) is 0 Å². The lowest BCUT2D eigenvalue weighted by atomic mass is 10.1. The third-order valence-electron chi connectivity index (χ3n) is 2.38. The molecule has 104 valence electrons. The highest BCUT2D eigenvalue weighted by atomic mass is 35.7. The van der Waals surface area contributed by atoms with Gasteiger partial charge in [0.15, 0.2) is 0 Å². The zero-order valence-electron chi connectivity index (χ0n) is 10.1. The maximum atomic E-state index is 11.2. The van der Waals surface area contributed by atoms with Crippen LogP contribution in [0, 0.1) is 0 Å². The van der Waals surface area contributed by atoms with Crippen molar-refractivity contribution in [1.29, 1.82) is 0 Å². The minimum atomic E-state index is -4.15. The Labute approximate surface area is 120 Å².